The molecule has 1 unspecified atom stereocenters. The summed E-state index contributed by atoms with van der Waals surface area (Å²) in [4.78, 5) is 26.5. The lowest BCUT2D eigenvalue weighted by Crippen LogP contribution is -2.61. The minimum atomic E-state index is -0.602. The van der Waals surface area contributed by atoms with E-state index >= 15 is 0 Å². The zero-order chi connectivity index (χ0) is 15.4. The smallest absolute Gasteiger partial charge is 0.318 e. The molecule has 118 valence electrons. The molecule has 0 saturated carbocycles. The first kappa shape index (κ1) is 14.9. The van der Waals surface area contributed by atoms with Crippen LogP contribution in [0.1, 0.15) is 31.2 Å². The molecular formula is C17H23N3O2. The van der Waals surface area contributed by atoms with E-state index in [1.807, 2.05) is 18.2 Å². The summed E-state index contributed by atoms with van der Waals surface area (Å²) in [6.07, 6.45) is 4.22. The molecule has 3 amide bonds. The van der Waals surface area contributed by atoms with E-state index in [1.165, 1.54) is 5.56 Å². The normalized spacial score (nSPS) is 24.4. The van der Waals surface area contributed by atoms with Crippen LogP contribution >= 0.6 is 0 Å². The summed E-state index contributed by atoms with van der Waals surface area (Å²) in [6, 6.07) is 9.98. The van der Waals surface area contributed by atoms with Gasteiger partial charge < -0.3 is 15.5 Å². The van der Waals surface area contributed by atoms with Gasteiger partial charge >= 0.3 is 6.03 Å². The average Bonchev–Trinajstić information content (AvgIpc) is 2.96. The third kappa shape index (κ3) is 2.80. The molecule has 3 rings (SSSR count). The molecule has 2 aliphatic heterocycles. The summed E-state index contributed by atoms with van der Waals surface area (Å²) >= 11 is 0. The van der Waals surface area contributed by atoms with Crippen LogP contribution in [0.25, 0.3) is 0 Å². The second-order valence-corrected chi connectivity index (χ2v) is 6.11. The number of urea groups is 1. The molecule has 1 aromatic carbocycles. The summed E-state index contributed by atoms with van der Waals surface area (Å²) in [6.45, 7) is 1.99. The van der Waals surface area contributed by atoms with E-state index in [4.69, 9.17) is 0 Å². The molecule has 2 fully saturated rings. The summed E-state index contributed by atoms with van der Waals surface area (Å²) in [5.41, 5.74) is 0.601. The molecule has 5 nitrogen and oxygen atoms in total. The van der Waals surface area contributed by atoms with Crippen molar-refractivity contribution in [1.29, 1.82) is 0 Å². The summed E-state index contributed by atoms with van der Waals surface area (Å²) in [7, 11) is 0. The molecule has 22 heavy (non-hydrogen) atoms. The van der Waals surface area contributed by atoms with Gasteiger partial charge in [0.25, 0.3) is 0 Å². The van der Waals surface area contributed by atoms with E-state index in [9.17, 15) is 9.59 Å². The number of nitrogens with one attached hydrogen (secondary N) is 2. The molecule has 0 radical (unpaired) electrons. The van der Waals surface area contributed by atoms with Gasteiger partial charge in [-0.15, -0.1) is 0 Å². The van der Waals surface area contributed by atoms with Crippen LogP contribution in [0.3, 0.4) is 0 Å². The lowest BCUT2D eigenvalue weighted by Gasteiger charge is -2.39. The highest BCUT2D eigenvalue weighted by Crippen LogP contribution is 2.35. The largest absolute Gasteiger partial charge is 0.354 e. The minimum absolute atomic E-state index is 0.0226. The Morgan fingerprint density at radius 1 is 1.23 bits per heavy atom. The molecule has 2 heterocycles. The van der Waals surface area contributed by atoms with Gasteiger partial charge in [-0.1, -0.05) is 30.3 Å². The topological polar surface area (TPSA) is 61.4 Å². The fourth-order valence-corrected chi connectivity index (χ4v) is 3.59. The van der Waals surface area contributed by atoms with E-state index in [2.05, 4.69) is 22.8 Å². The van der Waals surface area contributed by atoms with Crippen molar-refractivity contribution in [2.24, 2.45) is 0 Å². The first-order valence-corrected chi connectivity index (χ1v) is 8.10. The van der Waals surface area contributed by atoms with Gasteiger partial charge in [0.15, 0.2) is 0 Å². The minimum Gasteiger partial charge on any atom is -0.354 e. The van der Waals surface area contributed by atoms with Gasteiger partial charge in [-0.2, -0.15) is 0 Å². The molecule has 2 aliphatic rings. The van der Waals surface area contributed by atoms with Crippen LogP contribution in [0.2, 0.25) is 0 Å². The van der Waals surface area contributed by atoms with Crippen molar-refractivity contribution in [3.05, 3.63) is 35.9 Å². The van der Waals surface area contributed by atoms with Gasteiger partial charge in [-0.05, 0) is 37.7 Å². The number of hydrogen-bond donors (Lipinski definition) is 2. The Morgan fingerprint density at radius 3 is 2.77 bits per heavy atom. The Labute approximate surface area is 131 Å². The fourth-order valence-electron chi connectivity index (χ4n) is 3.59. The van der Waals surface area contributed by atoms with Gasteiger partial charge in [0.05, 0.1) is 0 Å². The van der Waals surface area contributed by atoms with Crippen LogP contribution in [0.15, 0.2) is 30.3 Å². The summed E-state index contributed by atoms with van der Waals surface area (Å²) in [5, 5.41) is 5.89. The number of carbonyl (C=O) groups is 2. The fraction of sp³-hybridized carbons (Fsp3) is 0.529. The Kier molecular flexibility index (Phi) is 4.32. The van der Waals surface area contributed by atoms with Crippen LogP contribution in [0.4, 0.5) is 4.79 Å². The highest BCUT2D eigenvalue weighted by atomic mass is 16.2. The van der Waals surface area contributed by atoms with Crippen LogP contribution in [0.5, 0.6) is 0 Å². The molecule has 2 N–H and O–H groups in total. The molecule has 0 bridgehead atoms. The van der Waals surface area contributed by atoms with E-state index in [0.717, 1.165) is 38.6 Å². The van der Waals surface area contributed by atoms with Crippen molar-refractivity contribution < 1.29 is 9.59 Å². The number of piperidine rings is 1. The van der Waals surface area contributed by atoms with Gasteiger partial charge in [-0.3, -0.25) is 4.79 Å². The van der Waals surface area contributed by atoms with Crippen LogP contribution < -0.4 is 10.6 Å². The molecular weight excluding hydrogens is 278 g/mol. The first-order chi connectivity index (χ1) is 10.7. The quantitative estimate of drug-likeness (QED) is 0.892. The van der Waals surface area contributed by atoms with Crippen molar-refractivity contribution in [3.63, 3.8) is 0 Å². The molecule has 5 heteroatoms. The molecule has 0 aliphatic carbocycles. The Bertz CT molecular complexity index is 546. The Morgan fingerprint density at radius 2 is 2.00 bits per heavy atom. The number of amides is 3. The lowest BCUT2D eigenvalue weighted by molar-refractivity contribution is -0.132. The number of likely N-dealkylation sites (tertiary alicyclic amines) is 1. The maximum Gasteiger partial charge on any atom is 0.318 e. The van der Waals surface area contributed by atoms with E-state index in [0.29, 0.717) is 13.1 Å². The zero-order valence-corrected chi connectivity index (χ0v) is 12.8. The standard InChI is InChI=1S/C17H23N3O2/c21-15-17(9-4-11-18-15)10-5-13-20(17)16(22)19-12-8-14-6-2-1-3-7-14/h1-3,6-7H,4-5,8-13H2,(H,18,21)(H,19,22). The van der Waals surface area contributed by atoms with Gasteiger partial charge in [-0.25, -0.2) is 4.79 Å². The van der Waals surface area contributed by atoms with Crippen molar-refractivity contribution >= 4 is 11.9 Å². The number of carbonyl (C=O) groups excluding carboxylic acids is 2. The number of hydrogen-bond acceptors (Lipinski definition) is 2. The second kappa shape index (κ2) is 6.38. The molecule has 1 spiro atoms. The Balaban J connectivity index is 1.58. The predicted octanol–water partition coefficient (Wildman–Crippen LogP) is 1.68. The number of nitrogens with zero attached hydrogens (tertiary/aromatic N) is 1. The number of benzene rings is 1. The molecule has 1 aromatic rings. The SMILES string of the molecule is O=C(NCCc1ccccc1)N1CCCC12CCCNC2=O. The van der Waals surface area contributed by atoms with Gasteiger partial charge in [0, 0.05) is 19.6 Å². The van der Waals surface area contributed by atoms with E-state index < -0.39 is 5.54 Å². The van der Waals surface area contributed by atoms with Crippen LogP contribution in [0, 0.1) is 0 Å². The Hall–Kier alpha value is -2.04. The first-order valence-electron chi connectivity index (χ1n) is 8.10. The molecule has 1 atom stereocenters. The highest BCUT2D eigenvalue weighted by molar-refractivity contribution is 5.92. The van der Waals surface area contributed by atoms with E-state index in [1.54, 1.807) is 4.90 Å². The average molecular weight is 301 g/mol. The van der Waals surface area contributed by atoms with Gasteiger partial charge in [0.2, 0.25) is 5.91 Å². The lowest BCUT2D eigenvalue weighted by atomic mass is 9.86. The van der Waals surface area contributed by atoms with Gasteiger partial charge in [0.1, 0.15) is 5.54 Å². The summed E-state index contributed by atoms with van der Waals surface area (Å²) in [5.74, 6) is 0.0226. The molecule has 2 saturated heterocycles. The van der Waals surface area contributed by atoms with Crippen molar-refractivity contribution in [2.45, 2.75) is 37.6 Å². The predicted molar refractivity (Wildman–Crippen MR) is 84.5 cm³/mol. The van der Waals surface area contributed by atoms with Crippen LogP contribution in [-0.2, 0) is 11.2 Å². The highest BCUT2D eigenvalue weighted by Gasteiger charge is 2.50. The third-order valence-electron chi connectivity index (χ3n) is 4.74. The number of rotatable bonds is 3. The zero-order valence-electron chi connectivity index (χ0n) is 12.8. The second-order valence-electron chi connectivity index (χ2n) is 6.11. The van der Waals surface area contributed by atoms with E-state index in [-0.39, 0.29) is 11.9 Å². The summed E-state index contributed by atoms with van der Waals surface area (Å²) < 4.78 is 0. The maximum absolute atomic E-state index is 12.5. The monoisotopic (exact) mass is 301 g/mol. The third-order valence-corrected chi connectivity index (χ3v) is 4.74. The van der Waals surface area contributed by atoms with Crippen molar-refractivity contribution in [2.75, 3.05) is 19.6 Å². The van der Waals surface area contributed by atoms with Crippen molar-refractivity contribution in [1.82, 2.24) is 15.5 Å². The maximum atomic E-state index is 12.5. The van der Waals surface area contributed by atoms with Crippen LogP contribution in [-0.4, -0.2) is 42.0 Å². The van der Waals surface area contributed by atoms with Crippen molar-refractivity contribution in [3.8, 4) is 0 Å². The molecule has 0 aromatic heterocycles.